The molecule has 98 valence electrons. The average Bonchev–Trinajstić information content (AvgIpc) is 2.38. The lowest BCUT2D eigenvalue weighted by Crippen LogP contribution is -2.31. The molecular weight excluding hydrogens is 302 g/mol. The predicted octanol–water partition coefficient (Wildman–Crippen LogP) is 3.76. The van der Waals surface area contributed by atoms with Gasteiger partial charge < -0.3 is 10.6 Å². The Balaban J connectivity index is 2.10. The molecule has 0 fully saturated rings. The highest BCUT2D eigenvalue weighted by atomic mass is 79.9. The average molecular weight is 318 g/mol. The Labute approximate surface area is 121 Å². The number of nitrogen functional groups attached to an aromatic ring is 1. The zero-order chi connectivity index (χ0) is 13.4. The van der Waals surface area contributed by atoms with Gasteiger partial charge in [0.2, 0.25) is 0 Å². The molecule has 2 heterocycles. The van der Waals surface area contributed by atoms with Crippen LogP contribution in [0, 0.1) is 5.92 Å². The molecule has 2 N–H and O–H groups in total. The number of hydrogen-bond donors (Lipinski definition) is 1. The van der Waals surface area contributed by atoms with Crippen molar-refractivity contribution in [1.82, 2.24) is 4.98 Å². The summed E-state index contributed by atoms with van der Waals surface area (Å²) in [5, 5.41) is 0. The second kappa shape index (κ2) is 4.85. The molecule has 1 aliphatic rings. The lowest BCUT2D eigenvalue weighted by atomic mass is 9.94. The molecule has 0 radical (unpaired) electrons. The molecule has 4 heteroatoms. The molecule has 0 saturated heterocycles. The van der Waals surface area contributed by atoms with Gasteiger partial charge in [0.25, 0.3) is 0 Å². The van der Waals surface area contributed by atoms with Crippen molar-refractivity contribution < 1.29 is 0 Å². The van der Waals surface area contributed by atoms with Crippen molar-refractivity contribution in [2.45, 2.75) is 13.3 Å². The van der Waals surface area contributed by atoms with E-state index < -0.39 is 0 Å². The van der Waals surface area contributed by atoms with Crippen LogP contribution in [-0.4, -0.2) is 11.5 Å². The van der Waals surface area contributed by atoms with Crippen LogP contribution in [0.25, 0.3) is 0 Å². The van der Waals surface area contributed by atoms with Gasteiger partial charge in [0, 0.05) is 22.9 Å². The molecule has 1 unspecified atom stereocenters. The maximum Gasteiger partial charge on any atom is 0.156 e. The maximum absolute atomic E-state index is 6.12. The number of aromatic nitrogens is 1. The van der Waals surface area contributed by atoms with Gasteiger partial charge in [-0.05, 0) is 46.0 Å². The largest absolute Gasteiger partial charge is 0.396 e. The number of para-hydroxylation sites is 1. The third-order valence-electron chi connectivity index (χ3n) is 3.46. The van der Waals surface area contributed by atoms with E-state index in [0.717, 1.165) is 23.3 Å². The highest BCUT2D eigenvalue weighted by molar-refractivity contribution is 9.10. The van der Waals surface area contributed by atoms with E-state index in [1.165, 1.54) is 11.3 Å². The minimum Gasteiger partial charge on any atom is -0.396 e. The van der Waals surface area contributed by atoms with Crippen LogP contribution in [0.3, 0.4) is 0 Å². The quantitative estimate of drug-likeness (QED) is 0.870. The van der Waals surface area contributed by atoms with Gasteiger partial charge in [0.05, 0.1) is 5.69 Å². The van der Waals surface area contributed by atoms with Crippen LogP contribution in [0.2, 0.25) is 0 Å². The van der Waals surface area contributed by atoms with Crippen molar-refractivity contribution in [3.8, 4) is 0 Å². The summed E-state index contributed by atoms with van der Waals surface area (Å²) < 4.78 is 0.909. The predicted molar refractivity (Wildman–Crippen MR) is 82.7 cm³/mol. The molecule has 0 saturated carbocycles. The SMILES string of the molecule is CC1Cc2ccccc2N(c2ncc(Br)cc2N)C1. The second-order valence-corrected chi connectivity index (χ2v) is 6.03. The van der Waals surface area contributed by atoms with Crippen molar-refractivity contribution in [3.05, 3.63) is 46.6 Å². The standard InChI is InChI=1S/C15H16BrN3/c1-10-6-11-4-2-3-5-14(11)19(9-10)15-13(17)7-12(16)8-18-15/h2-5,7-8,10H,6,9,17H2,1H3. The normalized spacial score (nSPS) is 18.2. The number of hydrogen-bond acceptors (Lipinski definition) is 3. The first-order valence-corrected chi connectivity index (χ1v) is 7.21. The van der Waals surface area contributed by atoms with E-state index in [1.807, 2.05) is 6.07 Å². The minimum atomic E-state index is 0.597. The Morgan fingerprint density at radius 1 is 1.37 bits per heavy atom. The molecule has 2 aromatic rings. The molecule has 1 aromatic heterocycles. The van der Waals surface area contributed by atoms with E-state index in [-0.39, 0.29) is 0 Å². The second-order valence-electron chi connectivity index (χ2n) is 5.11. The number of nitrogens with zero attached hydrogens (tertiary/aromatic N) is 2. The van der Waals surface area contributed by atoms with Crippen molar-refractivity contribution in [2.75, 3.05) is 17.2 Å². The van der Waals surface area contributed by atoms with Gasteiger partial charge >= 0.3 is 0 Å². The smallest absolute Gasteiger partial charge is 0.156 e. The summed E-state index contributed by atoms with van der Waals surface area (Å²) in [7, 11) is 0. The van der Waals surface area contributed by atoms with Crippen LogP contribution >= 0.6 is 15.9 Å². The van der Waals surface area contributed by atoms with Crippen LogP contribution in [0.4, 0.5) is 17.2 Å². The fraction of sp³-hybridized carbons (Fsp3) is 0.267. The number of rotatable bonds is 1. The van der Waals surface area contributed by atoms with Gasteiger partial charge in [-0.3, -0.25) is 0 Å². The molecule has 19 heavy (non-hydrogen) atoms. The molecule has 0 aliphatic carbocycles. The van der Waals surface area contributed by atoms with Gasteiger partial charge in [0.15, 0.2) is 5.82 Å². The van der Waals surface area contributed by atoms with Crippen molar-refractivity contribution in [1.29, 1.82) is 0 Å². The number of pyridine rings is 1. The van der Waals surface area contributed by atoms with E-state index in [9.17, 15) is 0 Å². The van der Waals surface area contributed by atoms with Gasteiger partial charge in [-0.15, -0.1) is 0 Å². The van der Waals surface area contributed by atoms with Crippen LogP contribution in [-0.2, 0) is 6.42 Å². The maximum atomic E-state index is 6.12. The summed E-state index contributed by atoms with van der Waals surface area (Å²) in [5.41, 5.74) is 9.42. The lowest BCUT2D eigenvalue weighted by Gasteiger charge is -2.34. The first-order chi connectivity index (χ1) is 9.15. The zero-order valence-electron chi connectivity index (χ0n) is 10.8. The Morgan fingerprint density at radius 2 is 2.16 bits per heavy atom. The molecule has 1 aliphatic heterocycles. The summed E-state index contributed by atoms with van der Waals surface area (Å²) in [6, 6.07) is 10.4. The summed E-state index contributed by atoms with van der Waals surface area (Å²) in [6.45, 7) is 3.22. The van der Waals surface area contributed by atoms with E-state index in [1.54, 1.807) is 6.20 Å². The number of nitrogens with two attached hydrogens (primary N) is 1. The number of anilines is 3. The molecular formula is C15H16BrN3. The highest BCUT2D eigenvalue weighted by Gasteiger charge is 2.24. The molecule has 3 rings (SSSR count). The van der Waals surface area contributed by atoms with Crippen molar-refractivity contribution >= 4 is 33.1 Å². The Kier molecular flexibility index (Phi) is 3.19. The number of halogens is 1. The van der Waals surface area contributed by atoms with E-state index >= 15 is 0 Å². The van der Waals surface area contributed by atoms with Gasteiger partial charge in [-0.1, -0.05) is 25.1 Å². The number of benzene rings is 1. The summed E-state index contributed by atoms with van der Waals surface area (Å²) in [4.78, 5) is 6.72. The molecule has 0 amide bonds. The Morgan fingerprint density at radius 3 is 2.95 bits per heavy atom. The summed E-state index contributed by atoms with van der Waals surface area (Å²) in [5.74, 6) is 1.45. The summed E-state index contributed by atoms with van der Waals surface area (Å²) in [6.07, 6.45) is 2.91. The third kappa shape index (κ3) is 2.32. The van der Waals surface area contributed by atoms with Crippen molar-refractivity contribution in [2.24, 2.45) is 5.92 Å². The fourth-order valence-electron chi connectivity index (χ4n) is 2.67. The highest BCUT2D eigenvalue weighted by Crippen LogP contribution is 2.37. The van der Waals surface area contributed by atoms with Crippen molar-refractivity contribution in [3.63, 3.8) is 0 Å². The first-order valence-electron chi connectivity index (χ1n) is 6.41. The number of fused-ring (bicyclic) bond motifs is 1. The monoisotopic (exact) mass is 317 g/mol. The lowest BCUT2D eigenvalue weighted by molar-refractivity contribution is 0.560. The molecule has 0 spiro atoms. The Bertz CT molecular complexity index is 612. The van der Waals surface area contributed by atoms with Crippen LogP contribution < -0.4 is 10.6 Å². The third-order valence-corrected chi connectivity index (χ3v) is 3.90. The van der Waals surface area contributed by atoms with Crippen LogP contribution in [0.5, 0.6) is 0 Å². The fourth-order valence-corrected chi connectivity index (χ4v) is 3.02. The van der Waals surface area contributed by atoms with Gasteiger partial charge in [0.1, 0.15) is 0 Å². The molecule has 3 nitrogen and oxygen atoms in total. The molecule has 1 aromatic carbocycles. The van der Waals surface area contributed by atoms with Crippen LogP contribution in [0.1, 0.15) is 12.5 Å². The Hall–Kier alpha value is -1.55. The van der Waals surface area contributed by atoms with E-state index in [0.29, 0.717) is 11.6 Å². The summed E-state index contributed by atoms with van der Waals surface area (Å²) >= 11 is 3.40. The van der Waals surface area contributed by atoms with Gasteiger partial charge in [-0.25, -0.2) is 4.98 Å². The minimum absolute atomic E-state index is 0.597. The zero-order valence-corrected chi connectivity index (χ0v) is 12.4. The first kappa shape index (κ1) is 12.5. The van der Waals surface area contributed by atoms with Gasteiger partial charge in [-0.2, -0.15) is 0 Å². The topological polar surface area (TPSA) is 42.2 Å². The molecule has 1 atom stereocenters. The van der Waals surface area contributed by atoms with E-state index in [2.05, 4.69) is 57.0 Å². The van der Waals surface area contributed by atoms with E-state index in [4.69, 9.17) is 5.73 Å². The van der Waals surface area contributed by atoms with Crippen LogP contribution in [0.15, 0.2) is 41.0 Å². The molecule has 0 bridgehead atoms.